The minimum Gasteiger partial charge on any atom is -0.415 e. The standard InChI is InChI=1S/C10H13NO2S/c1-2-9(12)13-10-5-7-6-11-4-3-8(7)14-10/h5,11H,2-4,6H2,1H3. The van der Waals surface area contributed by atoms with Gasteiger partial charge in [-0.05, 0) is 18.1 Å². The number of ether oxygens (including phenoxy) is 1. The molecule has 0 spiro atoms. The maximum Gasteiger partial charge on any atom is 0.311 e. The van der Waals surface area contributed by atoms with Crippen LogP contribution < -0.4 is 10.1 Å². The van der Waals surface area contributed by atoms with Gasteiger partial charge in [-0.25, -0.2) is 0 Å². The van der Waals surface area contributed by atoms with E-state index in [0.29, 0.717) is 6.42 Å². The van der Waals surface area contributed by atoms with Crippen molar-refractivity contribution in [1.82, 2.24) is 5.32 Å². The van der Waals surface area contributed by atoms with Gasteiger partial charge in [-0.3, -0.25) is 4.79 Å². The molecule has 0 aliphatic carbocycles. The first kappa shape index (κ1) is 9.68. The van der Waals surface area contributed by atoms with E-state index >= 15 is 0 Å². The minimum atomic E-state index is -0.156. The summed E-state index contributed by atoms with van der Waals surface area (Å²) >= 11 is 1.60. The van der Waals surface area contributed by atoms with Crippen molar-refractivity contribution in [2.24, 2.45) is 0 Å². The summed E-state index contributed by atoms with van der Waals surface area (Å²) in [6, 6.07) is 1.97. The third-order valence-electron chi connectivity index (χ3n) is 2.22. The van der Waals surface area contributed by atoms with E-state index in [-0.39, 0.29) is 5.97 Å². The van der Waals surface area contributed by atoms with Crippen molar-refractivity contribution >= 4 is 17.3 Å². The quantitative estimate of drug-likeness (QED) is 0.757. The maximum atomic E-state index is 11.1. The Morgan fingerprint density at radius 3 is 3.29 bits per heavy atom. The van der Waals surface area contributed by atoms with Crippen LogP contribution in [0, 0.1) is 0 Å². The highest BCUT2D eigenvalue weighted by Gasteiger charge is 2.14. The van der Waals surface area contributed by atoms with Gasteiger partial charge in [0.2, 0.25) is 0 Å². The fourth-order valence-electron chi connectivity index (χ4n) is 1.46. The fourth-order valence-corrected chi connectivity index (χ4v) is 2.50. The normalized spacial score (nSPS) is 14.9. The van der Waals surface area contributed by atoms with Crippen molar-refractivity contribution in [2.75, 3.05) is 6.54 Å². The molecule has 0 saturated heterocycles. The zero-order valence-electron chi connectivity index (χ0n) is 8.13. The van der Waals surface area contributed by atoms with Gasteiger partial charge >= 0.3 is 5.97 Å². The van der Waals surface area contributed by atoms with Crippen LogP contribution in [-0.2, 0) is 17.8 Å². The Hall–Kier alpha value is -0.870. The van der Waals surface area contributed by atoms with Crippen molar-refractivity contribution in [3.8, 4) is 5.06 Å². The molecule has 0 fully saturated rings. The van der Waals surface area contributed by atoms with Crippen LogP contribution in [0.3, 0.4) is 0 Å². The maximum absolute atomic E-state index is 11.1. The molecule has 2 rings (SSSR count). The molecule has 2 heterocycles. The largest absolute Gasteiger partial charge is 0.415 e. The Bertz CT molecular complexity index is 322. The molecule has 1 N–H and O–H groups in total. The van der Waals surface area contributed by atoms with E-state index in [0.717, 1.165) is 24.6 Å². The third-order valence-corrected chi connectivity index (χ3v) is 3.34. The van der Waals surface area contributed by atoms with E-state index in [4.69, 9.17) is 4.74 Å². The summed E-state index contributed by atoms with van der Waals surface area (Å²) in [5.74, 6) is -0.156. The minimum absolute atomic E-state index is 0.156. The highest BCUT2D eigenvalue weighted by Crippen LogP contribution is 2.31. The molecule has 3 nitrogen and oxygen atoms in total. The molecule has 1 aromatic rings. The molecule has 0 unspecified atom stereocenters. The zero-order chi connectivity index (χ0) is 9.97. The molecule has 14 heavy (non-hydrogen) atoms. The summed E-state index contributed by atoms with van der Waals surface area (Å²) in [6.07, 6.45) is 1.48. The average Bonchev–Trinajstić information content (AvgIpc) is 2.59. The lowest BCUT2D eigenvalue weighted by molar-refractivity contribution is -0.133. The molecule has 4 heteroatoms. The van der Waals surface area contributed by atoms with Crippen LogP contribution in [-0.4, -0.2) is 12.5 Å². The number of nitrogens with one attached hydrogen (secondary N) is 1. The zero-order valence-corrected chi connectivity index (χ0v) is 8.95. The van der Waals surface area contributed by atoms with Gasteiger partial charge in [0.25, 0.3) is 0 Å². The lowest BCUT2D eigenvalue weighted by Crippen LogP contribution is -2.21. The number of hydrogen-bond donors (Lipinski definition) is 1. The van der Waals surface area contributed by atoms with E-state index in [2.05, 4.69) is 5.32 Å². The van der Waals surface area contributed by atoms with Crippen molar-refractivity contribution in [1.29, 1.82) is 0 Å². The smallest absolute Gasteiger partial charge is 0.311 e. The number of fused-ring (bicyclic) bond motifs is 1. The average molecular weight is 211 g/mol. The highest BCUT2D eigenvalue weighted by molar-refractivity contribution is 7.14. The topological polar surface area (TPSA) is 38.3 Å². The van der Waals surface area contributed by atoms with Gasteiger partial charge in [0.1, 0.15) is 0 Å². The van der Waals surface area contributed by atoms with Crippen LogP contribution in [0.1, 0.15) is 23.8 Å². The number of carbonyl (C=O) groups is 1. The summed E-state index contributed by atoms with van der Waals surface area (Å²) in [4.78, 5) is 12.4. The SMILES string of the molecule is CCC(=O)Oc1cc2c(s1)CCNC2. The Morgan fingerprint density at radius 1 is 1.71 bits per heavy atom. The van der Waals surface area contributed by atoms with Crippen molar-refractivity contribution < 1.29 is 9.53 Å². The second-order valence-corrected chi connectivity index (χ2v) is 4.37. The molecule has 1 aliphatic rings. The molecule has 1 aliphatic heterocycles. The van der Waals surface area contributed by atoms with Gasteiger partial charge < -0.3 is 10.1 Å². The van der Waals surface area contributed by atoms with E-state index < -0.39 is 0 Å². The summed E-state index contributed by atoms with van der Waals surface area (Å²) in [5, 5.41) is 4.03. The predicted molar refractivity (Wildman–Crippen MR) is 55.7 cm³/mol. The second kappa shape index (κ2) is 4.11. The van der Waals surface area contributed by atoms with Gasteiger partial charge in [0.05, 0.1) is 0 Å². The van der Waals surface area contributed by atoms with Gasteiger partial charge in [0.15, 0.2) is 5.06 Å². The number of esters is 1. The first-order valence-corrected chi connectivity index (χ1v) is 5.64. The molecule has 0 amide bonds. The number of hydrogen-bond acceptors (Lipinski definition) is 4. The Labute approximate surface area is 87.1 Å². The van der Waals surface area contributed by atoms with Gasteiger partial charge in [-0.2, -0.15) is 0 Å². The van der Waals surface area contributed by atoms with Gasteiger partial charge in [0, 0.05) is 24.4 Å². The summed E-state index contributed by atoms with van der Waals surface area (Å²) < 4.78 is 5.17. The molecule has 76 valence electrons. The number of carbonyl (C=O) groups excluding carboxylic acids is 1. The lowest BCUT2D eigenvalue weighted by Gasteiger charge is -2.10. The Kier molecular flexibility index (Phi) is 2.84. The predicted octanol–water partition coefficient (Wildman–Crippen LogP) is 1.71. The first-order chi connectivity index (χ1) is 6.79. The highest BCUT2D eigenvalue weighted by atomic mass is 32.1. The Balaban J connectivity index is 2.12. The number of rotatable bonds is 2. The lowest BCUT2D eigenvalue weighted by atomic mass is 10.1. The van der Waals surface area contributed by atoms with Crippen LogP contribution in [0.15, 0.2) is 6.07 Å². The van der Waals surface area contributed by atoms with E-state index in [9.17, 15) is 4.79 Å². The van der Waals surface area contributed by atoms with Crippen LogP contribution in [0.5, 0.6) is 5.06 Å². The molecule has 0 bridgehead atoms. The summed E-state index contributed by atoms with van der Waals surface area (Å²) in [7, 11) is 0. The molecular weight excluding hydrogens is 198 g/mol. The van der Waals surface area contributed by atoms with Crippen LogP contribution in [0.25, 0.3) is 0 Å². The summed E-state index contributed by atoms with van der Waals surface area (Å²) in [6.45, 7) is 3.72. The molecule has 1 aromatic heterocycles. The monoisotopic (exact) mass is 211 g/mol. The first-order valence-electron chi connectivity index (χ1n) is 4.82. The molecular formula is C10H13NO2S. The second-order valence-electron chi connectivity index (χ2n) is 3.27. The van der Waals surface area contributed by atoms with E-state index in [1.165, 1.54) is 10.4 Å². The molecule has 0 aromatic carbocycles. The van der Waals surface area contributed by atoms with Crippen molar-refractivity contribution in [3.63, 3.8) is 0 Å². The van der Waals surface area contributed by atoms with Crippen molar-refractivity contribution in [2.45, 2.75) is 26.3 Å². The number of thiophene rings is 1. The van der Waals surface area contributed by atoms with Crippen molar-refractivity contribution in [3.05, 3.63) is 16.5 Å². The van der Waals surface area contributed by atoms with Crippen LogP contribution in [0.4, 0.5) is 0 Å². The summed E-state index contributed by atoms with van der Waals surface area (Å²) in [5.41, 5.74) is 1.28. The van der Waals surface area contributed by atoms with E-state index in [1.807, 2.05) is 6.07 Å². The van der Waals surface area contributed by atoms with Crippen LogP contribution >= 0.6 is 11.3 Å². The molecule has 0 atom stereocenters. The van der Waals surface area contributed by atoms with Gasteiger partial charge in [-0.1, -0.05) is 6.92 Å². The molecule has 0 saturated carbocycles. The Morgan fingerprint density at radius 2 is 2.57 bits per heavy atom. The molecule has 0 radical (unpaired) electrons. The van der Waals surface area contributed by atoms with Crippen LogP contribution in [0.2, 0.25) is 0 Å². The third kappa shape index (κ3) is 1.96. The van der Waals surface area contributed by atoms with Gasteiger partial charge in [-0.15, -0.1) is 11.3 Å². The fraction of sp³-hybridized carbons (Fsp3) is 0.500. The van der Waals surface area contributed by atoms with E-state index in [1.54, 1.807) is 18.3 Å².